The molecule has 1 heterocycles. The van der Waals surface area contributed by atoms with Crippen LogP contribution in [-0.4, -0.2) is 19.3 Å². The van der Waals surface area contributed by atoms with Crippen LogP contribution >= 0.6 is 0 Å². The monoisotopic (exact) mass is 239 g/mol. The fraction of sp³-hybridized carbons (Fsp3) is 0.538. The number of methoxy groups -OCH3 is 1. The van der Waals surface area contributed by atoms with Gasteiger partial charge in [0, 0.05) is 6.61 Å². The topological polar surface area (TPSA) is 44.5 Å². The Hall–Kier alpha value is -1.13. The van der Waals surface area contributed by atoms with Crippen LogP contribution in [0.15, 0.2) is 18.2 Å². The Kier molecular flexibility index (Phi) is 3.35. The molecule has 0 bridgehead atoms. The average molecular weight is 239 g/mol. The van der Waals surface area contributed by atoms with Crippen molar-refractivity contribution < 1.29 is 13.9 Å². The van der Waals surface area contributed by atoms with Crippen molar-refractivity contribution in [3.05, 3.63) is 29.6 Å². The molecule has 1 fully saturated rings. The smallest absolute Gasteiger partial charge is 0.165 e. The van der Waals surface area contributed by atoms with Crippen molar-refractivity contribution in [3.8, 4) is 5.75 Å². The summed E-state index contributed by atoms with van der Waals surface area (Å²) in [4.78, 5) is 0. The van der Waals surface area contributed by atoms with Gasteiger partial charge >= 0.3 is 0 Å². The molecule has 0 aliphatic carbocycles. The number of benzene rings is 1. The highest BCUT2D eigenvalue weighted by Gasteiger charge is 2.37. The van der Waals surface area contributed by atoms with Crippen LogP contribution in [0.5, 0.6) is 5.75 Å². The first-order valence-corrected chi connectivity index (χ1v) is 5.80. The largest absolute Gasteiger partial charge is 0.494 e. The SMILES string of the molecule is COc1ccc(C(N)C2(C)CCCO2)cc1F. The summed E-state index contributed by atoms with van der Waals surface area (Å²) in [5, 5.41) is 0. The third kappa shape index (κ3) is 2.28. The Morgan fingerprint density at radius 2 is 2.29 bits per heavy atom. The van der Waals surface area contributed by atoms with Gasteiger partial charge in [-0.15, -0.1) is 0 Å². The third-order valence-electron chi connectivity index (χ3n) is 3.44. The van der Waals surface area contributed by atoms with E-state index >= 15 is 0 Å². The number of halogens is 1. The maximum absolute atomic E-state index is 13.6. The molecule has 1 aliphatic heterocycles. The van der Waals surface area contributed by atoms with Crippen LogP contribution in [0, 0.1) is 5.82 Å². The second-order valence-electron chi connectivity index (χ2n) is 4.64. The number of nitrogens with two attached hydrogens (primary N) is 1. The molecule has 0 radical (unpaired) electrons. The summed E-state index contributed by atoms with van der Waals surface area (Å²) in [7, 11) is 1.44. The van der Waals surface area contributed by atoms with E-state index in [1.807, 2.05) is 6.92 Å². The zero-order valence-corrected chi connectivity index (χ0v) is 10.2. The Bertz CT molecular complexity index is 402. The van der Waals surface area contributed by atoms with Crippen LogP contribution in [0.1, 0.15) is 31.4 Å². The predicted molar refractivity (Wildman–Crippen MR) is 63.5 cm³/mol. The van der Waals surface area contributed by atoms with Crippen LogP contribution in [0.2, 0.25) is 0 Å². The first-order valence-electron chi connectivity index (χ1n) is 5.80. The van der Waals surface area contributed by atoms with Crippen molar-refractivity contribution in [2.45, 2.75) is 31.4 Å². The molecular weight excluding hydrogens is 221 g/mol. The summed E-state index contributed by atoms with van der Waals surface area (Å²) in [5.74, 6) is -0.152. The molecule has 1 aromatic carbocycles. The zero-order valence-electron chi connectivity index (χ0n) is 10.2. The quantitative estimate of drug-likeness (QED) is 0.881. The first kappa shape index (κ1) is 12.3. The summed E-state index contributed by atoms with van der Waals surface area (Å²) >= 11 is 0. The fourth-order valence-corrected chi connectivity index (χ4v) is 2.27. The van der Waals surface area contributed by atoms with E-state index in [9.17, 15) is 4.39 Å². The lowest BCUT2D eigenvalue weighted by molar-refractivity contribution is -0.00180. The summed E-state index contributed by atoms with van der Waals surface area (Å²) in [6.45, 7) is 2.70. The van der Waals surface area contributed by atoms with Crippen LogP contribution in [-0.2, 0) is 4.74 Å². The third-order valence-corrected chi connectivity index (χ3v) is 3.44. The minimum atomic E-state index is -0.388. The second-order valence-corrected chi connectivity index (χ2v) is 4.64. The van der Waals surface area contributed by atoms with Gasteiger partial charge < -0.3 is 15.2 Å². The van der Waals surface area contributed by atoms with E-state index < -0.39 is 0 Å². The maximum atomic E-state index is 13.6. The predicted octanol–water partition coefficient (Wildman–Crippen LogP) is 2.40. The van der Waals surface area contributed by atoms with Crippen LogP contribution in [0.3, 0.4) is 0 Å². The molecule has 0 spiro atoms. The molecule has 94 valence electrons. The Labute approximate surface area is 101 Å². The van der Waals surface area contributed by atoms with Gasteiger partial charge in [0.2, 0.25) is 0 Å². The molecule has 2 N–H and O–H groups in total. The molecule has 1 aromatic rings. The standard InChI is InChI=1S/C13H18FNO2/c1-13(6-3-7-17-13)12(15)9-4-5-11(16-2)10(14)8-9/h4-5,8,12H,3,6-7,15H2,1-2H3. The van der Waals surface area contributed by atoms with E-state index in [0.717, 1.165) is 25.0 Å². The van der Waals surface area contributed by atoms with Gasteiger partial charge in [0.15, 0.2) is 11.6 Å². The Balaban J connectivity index is 2.25. The van der Waals surface area contributed by atoms with Crippen molar-refractivity contribution >= 4 is 0 Å². The summed E-state index contributed by atoms with van der Waals surface area (Å²) in [5.41, 5.74) is 6.52. The average Bonchev–Trinajstić information content (AvgIpc) is 2.76. The van der Waals surface area contributed by atoms with Crippen molar-refractivity contribution in [1.29, 1.82) is 0 Å². The van der Waals surface area contributed by atoms with E-state index in [1.165, 1.54) is 13.2 Å². The van der Waals surface area contributed by atoms with Crippen molar-refractivity contribution in [2.75, 3.05) is 13.7 Å². The van der Waals surface area contributed by atoms with Gasteiger partial charge in [-0.1, -0.05) is 6.07 Å². The van der Waals surface area contributed by atoms with E-state index in [-0.39, 0.29) is 23.2 Å². The zero-order chi connectivity index (χ0) is 12.5. The molecule has 0 aromatic heterocycles. The molecule has 0 amide bonds. The molecule has 2 unspecified atom stereocenters. The molecule has 1 saturated heterocycles. The van der Waals surface area contributed by atoms with Gasteiger partial charge in [0.05, 0.1) is 18.8 Å². The van der Waals surface area contributed by atoms with Crippen LogP contribution in [0.4, 0.5) is 4.39 Å². The minimum Gasteiger partial charge on any atom is -0.494 e. The number of rotatable bonds is 3. The lowest BCUT2D eigenvalue weighted by Gasteiger charge is -2.30. The van der Waals surface area contributed by atoms with Gasteiger partial charge in [0.1, 0.15) is 0 Å². The normalized spacial score (nSPS) is 25.9. The molecule has 4 heteroatoms. The van der Waals surface area contributed by atoms with E-state index in [1.54, 1.807) is 12.1 Å². The fourth-order valence-electron chi connectivity index (χ4n) is 2.27. The van der Waals surface area contributed by atoms with E-state index in [4.69, 9.17) is 15.2 Å². The summed E-state index contributed by atoms with van der Waals surface area (Å²) in [6, 6.07) is 4.50. The number of hydrogen-bond donors (Lipinski definition) is 1. The Morgan fingerprint density at radius 1 is 1.53 bits per heavy atom. The highest BCUT2D eigenvalue weighted by Crippen LogP contribution is 2.36. The first-order chi connectivity index (χ1) is 8.07. The molecule has 2 rings (SSSR count). The molecule has 2 atom stereocenters. The molecule has 0 saturated carbocycles. The van der Waals surface area contributed by atoms with Gasteiger partial charge in [-0.05, 0) is 37.5 Å². The molecule has 1 aliphatic rings. The van der Waals surface area contributed by atoms with Crippen molar-refractivity contribution in [3.63, 3.8) is 0 Å². The molecule has 17 heavy (non-hydrogen) atoms. The lowest BCUT2D eigenvalue weighted by Crippen LogP contribution is -2.37. The van der Waals surface area contributed by atoms with Crippen LogP contribution < -0.4 is 10.5 Å². The van der Waals surface area contributed by atoms with Gasteiger partial charge in [-0.25, -0.2) is 4.39 Å². The van der Waals surface area contributed by atoms with Gasteiger partial charge in [0.25, 0.3) is 0 Å². The van der Waals surface area contributed by atoms with E-state index in [2.05, 4.69) is 0 Å². The van der Waals surface area contributed by atoms with Crippen LogP contribution in [0.25, 0.3) is 0 Å². The molecular formula is C13H18FNO2. The molecule has 3 nitrogen and oxygen atoms in total. The van der Waals surface area contributed by atoms with E-state index in [0.29, 0.717) is 0 Å². The minimum absolute atomic E-state index is 0.235. The van der Waals surface area contributed by atoms with Gasteiger partial charge in [-0.3, -0.25) is 0 Å². The summed E-state index contributed by atoms with van der Waals surface area (Å²) in [6.07, 6.45) is 1.91. The number of hydrogen-bond acceptors (Lipinski definition) is 3. The second kappa shape index (κ2) is 4.63. The van der Waals surface area contributed by atoms with Crippen molar-refractivity contribution in [2.24, 2.45) is 5.73 Å². The Morgan fingerprint density at radius 3 is 2.82 bits per heavy atom. The highest BCUT2D eigenvalue weighted by molar-refractivity contribution is 5.32. The summed E-state index contributed by atoms with van der Waals surface area (Å²) < 4.78 is 24.2. The number of ether oxygens (including phenoxy) is 2. The highest BCUT2D eigenvalue weighted by atomic mass is 19.1. The van der Waals surface area contributed by atoms with Gasteiger partial charge in [-0.2, -0.15) is 0 Å². The van der Waals surface area contributed by atoms with Crippen molar-refractivity contribution in [1.82, 2.24) is 0 Å². The lowest BCUT2D eigenvalue weighted by atomic mass is 9.88. The maximum Gasteiger partial charge on any atom is 0.165 e.